The first-order chi connectivity index (χ1) is 8.47. The van der Waals surface area contributed by atoms with Crippen molar-refractivity contribution in [3.05, 3.63) is 68.0 Å². The van der Waals surface area contributed by atoms with Crippen molar-refractivity contribution < 1.29 is 9.50 Å². The lowest BCUT2D eigenvalue weighted by Crippen LogP contribution is -2.03. The van der Waals surface area contributed by atoms with E-state index in [1.54, 1.807) is 6.07 Å². The van der Waals surface area contributed by atoms with Gasteiger partial charge in [-0.25, -0.2) is 4.39 Å². The van der Waals surface area contributed by atoms with Crippen LogP contribution in [0.2, 0.25) is 0 Å². The lowest BCUT2D eigenvalue weighted by Gasteiger charge is -2.15. The summed E-state index contributed by atoms with van der Waals surface area (Å²) >= 11 is 2.05. The molecule has 18 heavy (non-hydrogen) atoms. The van der Waals surface area contributed by atoms with Gasteiger partial charge in [-0.05, 0) is 59.7 Å². The van der Waals surface area contributed by atoms with Gasteiger partial charge in [0.15, 0.2) is 0 Å². The number of aliphatic hydroxyl groups is 1. The molecule has 0 aromatic heterocycles. The number of hydrogen-bond donors (Lipinski definition) is 1. The highest BCUT2D eigenvalue weighted by Gasteiger charge is 2.14. The highest BCUT2D eigenvalue weighted by Crippen LogP contribution is 2.27. The molecule has 0 aliphatic carbocycles. The number of hydrogen-bond acceptors (Lipinski definition) is 1. The van der Waals surface area contributed by atoms with Gasteiger partial charge in [-0.3, -0.25) is 0 Å². The molecule has 0 amide bonds. The van der Waals surface area contributed by atoms with Crippen molar-refractivity contribution in [2.75, 3.05) is 0 Å². The van der Waals surface area contributed by atoms with Crippen molar-refractivity contribution in [1.82, 2.24) is 0 Å². The summed E-state index contributed by atoms with van der Waals surface area (Å²) in [7, 11) is 0. The van der Waals surface area contributed by atoms with Gasteiger partial charge in [-0.1, -0.05) is 35.4 Å². The van der Waals surface area contributed by atoms with Crippen molar-refractivity contribution in [2.24, 2.45) is 0 Å². The highest BCUT2D eigenvalue weighted by atomic mass is 127. The van der Waals surface area contributed by atoms with Crippen molar-refractivity contribution in [2.45, 2.75) is 20.0 Å². The molecule has 1 unspecified atom stereocenters. The molecule has 1 N–H and O–H groups in total. The Labute approximate surface area is 120 Å². The number of aliphatic hydroxyl groups excluding tert-OH is 1. The second kappa shape index (κ2) is 5.36. The molecule has 3 heteroatoms. The van der Waals surface area contributed by atoms with Crippen molar-refractivity contribution in [3.63, 3.8) is 0 Å². The molecule has 1 nitrogen and oxygen atoms in total. The lowest BCUT2D eigenvalue weighted by atomic mass is 9.98. The zero-order valence-corrected chi connectivity index (χ0v) is 12.4. The van der Waals surface area contributed by atoms with Gasteiger partial charge in [0.2, 0.25) is 0 Å². The summed E-state index contributed by atoms with van der Waals surface area (Å²) < 4.78 is 13.8. The zero-order chi connectivity index (χ0) is 13.3. The molecule has 0 aliphatic heterocycles. The third-order valence-electron chi connectivity index (χ3n) is 2.82. The number of benzene rings is 2. The standard InChI is InChI=1S/C15H14FIO/c1-9-5-10(2)7-11(6-9)15(18)13-4-3-12(16)8-14(13)17/h3-8,15,18H,1-2H3. The van der Waals surface area contributed by atoms with Crippen LogP contribution in [-0.2, 0) is 0 Å². The quantitative estimate of drug-likeness (QED) is 0.803. The molecule has 0 spiro atoms. The Morgan fingerprint density at radius 3 is 2.22 bits per heavy atom. The number of aryl methyl sites for hydroxylation is 2. The molecule has 1 atom stereocenters. The smallest absolute Gasteiger partial charge is 0.124 e. The van der Waals surface area contributed by atoms with Crippen LogP contribution in [0.15, 0.2) is 36.4 Å². The maximum atomic E-state index is 13.1. The second-order valence-corrected chi connectivity index (χ2v) is 5.65. The molecular formula is C15H14FIO. The Balaban J connectivity index is 2.44. The fraction of sp³-hybridized carbons (Fsp3) is 0.200. The average Bonchev–Trinajstić information content (AvgIpc) is 2.26. The fourth-order valence-electron chi connectivity index (χ4n) is 2.07. The van der Waals surface area contributed by atoms with E-state index >= 15 is 0 Å². The van der Waals surface area contributed by atoms with Crippen LogP contribution in [0, 0.1) is 23.2 Å². The second-order valence-electron chi connectivity index (χ2n) is 4.49. The molecule has 94 valence electrons. The lowest BCUT2D eigenvalue weighted by molar-refractivity contribution is 0.219. The van der Waals surface area contributed by atoms with E-state index in [1.165, 1.54) is 12.1 Å². The molecule has 0 heterocycles. The minimum Gasteiger partial charge on any atom is -0.384 e. The van der Waals surface area contributed by atoms with Crippen molar-refractivity contribution in [3.8, 4) is 0 Å². The Kier molecular flexibility index (Phi) is 4.02. The third kappa shape index (κ3) is 2.90. The summed E-state index contributed by atoms with van der Waals surface area (Å²) in [5.74, 6) is -0.282. The van der Waals surface area contributed by atoms with Gasteiger partial charge in [0.25, 0.3) is 0 Å². The van der Waals surface area contributed by atoms with E-state index in [2.05, 4.69) is 6.07 Å². The first kappa shape index (κ1) is 13.5. The maximum absolute atomic E-state index is 13.1. The topological polar surface area (TPSA) is 20.2 Å². The van der Waals surface area contributed by atoms with Crippen LogP contribution in [0.5, 0.6) is 0 Å². The van der Waals surface area contributed by atoms with Crippen LogP contribution in [0.4, 0.5) is 4.39 Å². The Bertz CT molecular complexity index is 560. The van der Waals surface area contributed by atoms with Gasteiger partial charge in [0, 0.05) is 3.57 Å². The number of rotatable bonds is 2. The molecular weight excluding hydrogens is 342 g/mol. The fourth-order valence-corrected chi connectivity index (χ4v) is 2.84. The zero-order valence-electron chi connectivity index (χ0n) is 10.2. The van der Waals surface area contributed by atoms with Gasteiger partial charge in [-0.2, -0.15) is 0 Å². The van der Waals surface area contributed by atoms with Gasteiger partial charge < -0.3 is 5.11 Å². The predicted octanol–water partition coefficient (Wildman–Crippen LogP) is 4.13. The number of halogens is 2. The molecule has 0 aliphatic rings. The summed E-state index contributed by atoms with van der Waals surface area (Å²) in [5.41, 5.74) is 3.81. The van der Waals surface area contributed by atoms with Crippen LogP contribution >= 0.6 is 22.6 Å². The van der Waals surface area contributed by atoms with E-state index in [0.717, 1.165) is 25.8 Å². The van der Waals surface area contributed by atoms with Crippen molar-refractivity contribution in [1.29, 1.82) is 0 Å². The maximum Gasteiger partial charge on any atom is 0.124 e. The summed E-state index contributed by atoms with van der Waals surface area (Å²) in [6, 6.07) is 10.4. The van der Waals surface area contributed by atoms with Crippen LogP contribution in [-0.4, -0.2) is 5.11 Å². The molecule has 0 saturated carbocycles. The molecule has 2 aromatic rings. The summed E-state index contributed by atoms with van der Waals surface area (Å²) in [6.45, 7) is 4.00. The third-order valence-corrected chi connectivity index (χ3v) is 3.75. The molecule has 0 saturated heterocycles. The van der Waals surface area contributed by atoms with Crippen LogP contribution in [0.25, 0.3) is 0 Å². The predicted molar refractivity (Wildman–Crippen MR) is 79.1 cm³/mol. The van der Waals surface area contributed by atoms with Crippen LogP contribution < -0.4 is 0 Å². The first-order valence-electron chi connectivity index (χ1n) is 5.68. The largest absolute Gasteiger partial charge is 0.384 e. The summed E-state index contributed by atoms with van der Waals surface area (Å²) in [6.07, 6.45) is -0.712. The normalized spacial score (nSPS) is 12.5. The molecule has 0 radical (unpaired) electrons. The Hall–Kier alpha value is -0.940. The Morgan fingerprint density at radius 2 is 1.67 bits per heavy atom. The minimum atomic E-state index is -0.712. The molecule has 2 aromatic carbocycles. The van der Waals surface area contributed by atoms with E-state index in [0.29, 0.717) is 0 Å². The summed E-state index contributed by atoms with van der Waals surface area (Å²) in [4.78, 5) is 0. The SMILES string of the molecule is Cc1cc(C)cc(C(O)c2ccc(F)cc2I)c1. The van der Waals surface area contributed by atoms with Gasteiger partial charge >= 0.3 is 0 Å². The first-order valence-corrected chi connectivity index (χ1v) is 6.76. The van der Waals surface area contributed by atoms with Gasteiger partial charge in [0.1, 0.15) is 11.9 Å². The van der Waals surface area contributed by atoms with E-state index < -0.39 is 6.10 Å². The van der Waals surface area contributed by atoms with Crippen molar-refractivity contribution >= 4 is 22.6 Å². The average molecular weight is 356 g/mol. The summed E-state index contributed by atoms with van der Waals surface area (Å²) in [5, 5.41) is 10.4. The molecule has 2 rings (SSSR count). The van der Waals surface area contributed by atoms with E-state index in [4.69, 9.17) is 0 Å². The molecule has 0 bridgehead atoms. The minimum absolute atomic E-state index is 0.282. The molecule has 0 fully saturated rings. The van der Waals surface area contributed by atoms with E-state index in [-0.39, 0.29) is 5.82 Å². The van der Waals surface area contributed by atoms with Crippen LogP contribution in [0.1, 0.15) is 28.4 Å². The highest BCUT2D eigenvalue weighted by molar-refractivity contribution is 14.1. The monoisotopic (exact) mass is 356 g/mol. The van der Waals surface area contributed by atoms with E-state index in [1.807, 2.05) is 48.6 Å². The van der Waals surface area contributed by atoms with E-state index in [9.17, 15) is 9.50 Å². The van der Waals surface area contributed by atoms with Crippen LogP contribution in [0.3, 0.4) is 0 Å². The Morgan fingerprint density at radius 1 is 1.06 bits per heavy atom. The van der Waals surface area contributed by atoms with Gasteiger partial charge in [-0.15, -0.1) is 0 Å². The van der Waals surface area contributed by atoms with Gasteiger partial charge in [0.05, 0.1) is 0 Å².